The van der Waals surface area contributed by atoms with Crippen LogP contribution >= 0.6 is 11.6 Å². The zero-order chi connectivity index (χ0) is 13.9. The first kappa shape index (κ1) is 14.0. The van der Waals surface area contributed by atoms with Crippen molar-refractivity contribution in [1.29, 1.82) is 0 Å². The first-order valence-corrected chi connectivity index (χ1v) is 6.64. The number of benzene rings is 1. The molecule has 19 heavy (non-hydrogen) atoms. The van der Waals surface area contributed by atoms with Gasteiger partial charge in [0.2, 0.25) is 0 Å². The van der Waals surface area contributed by atoms with Crippen LogP contribution in [0.2, 0.25) is 5.02 Å². The van der Waals surface area contributed by atoms with E-state index < -0.39 is 0 Å². The molecule has 0 aliphatic heterocycles. The van der Waals surface area contributed by atoms with Crippen LogP contribution < -0.4 is 5.32 Å². The van der Waals surface area contributed by atoms with Crippen LogP contribution in [-0.4, -0.2) is 15.5 Å². The minimum Gasteiger partial charge on any atom is -0.308 e. The molecule has 0 unspecified atom stereocenters. The SMILES string of the molecule is CC(C)(C)NCc1cnc(-c2ccccc2Cl)nc1. The fourth-order valence-electron chi connectivity index (χ4n) is 1.59. The minimum absolute atomic E-state index is 0.0847. The lowest BCUT2D eigenvalue weighted by atomic mass is 10.1. The van der Waals surface area contributed by atoms with Crippen molar-refractivity contribution in [2.75, 3.05) is 0 Å². The second-order valence-corrected chi connectivity index (χ2v) is 5.91. The summed E-state index contributed by atoms with van der Waals surface area (Å²) < 4.78 is 0. The maximum atomic E-state index is 6.13. The van der Waals surface area contributed by atoms with E-state index in [2.05, 4.69) is 36.1 Å². The van der Waals surface area contributed by atoms with Gasteiger partial charge in [-0.3, -0.25) is 0 Å². The van der Waals surface area contributed by atoms with E-state index in [1.165, 1.54) is 0 Å². The van der Waals surface area contributed by atoms with Gasteiger partial charge in [0.05, 0.1) is 5.02 Å². The molecule has 0 bridgehead atoms. The Morgan fingerprint density at radius 3 is 2.32 bits per heavy atom. The Morgan fingerprint density at radius 2 is 1.74 bits per heavy atom. The topological polar surface area (TPSA) is 37.8 Å². The molecule has 0 atom stereocenters. The van der Waals surface area contributed by atoms with E-state index in [4.69, 9.17) is 11.6 Å². The smallest absolute Gasteiger partial charge is 0.160 e. The maximum Gasteiger partial charge on any atom is 0.160 e. The maximum absolute atomic E-state index is 6.13. The Kier molecular flexibility index (Phi) is 4.17. The Balaban J connectivity index is 2.13. The van der Waals surface area contributed by atoms with Crippen molar-refractivity contribution in [3.63, 3.8) is 0 Å². The molecule has 1 N–H and O–H groups in total. The summed E-state index contributed by atoms with van der Waals surface area (Å²) >= 11 is 6.13. The molecule has 0 aliphatic rings. The van der Waals surface area contributed by atoms with Crippen LogP contribution in [0.25, 0.3) is 11.4 Å². The monoisotopic (exact) mass is 275 g/mol. The highest BCUT2D eigenvalue weighted by Gasteiger charge is 2.09. The van der Waals surface area contributed by atoms with Gasteiger partial charge in [-0.25, -0.2) is 9.97 Å². The van der Waals surface area contributed by atoms with E-state index in [-0.39, 0.29) is 5.54 Å². The van der Waals surface area contributed by atoms with Crippen LogP contribution in [-0.2, 0) is 6.54 Å². The van der Waals surface area contributed by atoms with Gasteiger partial charge in [0.15, 0.2) is 5.82 Å². The molecule has 4 heteroatoms. The average Bonchev–Trinajstić information content (AvgIpc) is 2.37. The molecule has 0 aliphatic carbocycles. The zero-order valence-electron chi connectivity index (χ0n) is 11.4. The molecule has 0 amide bonds. The Morgan fingerprint density at radius 1 is 1.11 bits per heavy atom. The first-order valence-electron chi connectivity index (χ1n) is 6.26. The number of nitrogens with zero attached hydrogens (tertiary/aromatic N) is 2. The zero-order valence-corrected chi connectivity index (χ0v) is 12.2. The molecule has 1 heterocycles. The van der Waals surface area contributed by atoms with Gasteiger partial charge < -0.3 is 5.32 Å². The largest absolute Gasteiger partial charge is 0.308 e. The van der Waals surface area contributed by atoms with Gasteiger partial charge >= 0.3 is 0 Å². The van der Waals surface area contributed by atoms with Crippen molar-refractivity contribution in [2.24, 2.45) is 0 Å². The second-order valence-electron chi connectivity index (χ2n) is 5.50. The molecule has 0 saturated carbocycles. The predicted molar refractivity (Wildman–Crippen MR) is 79.1 cm³/mol. The summed E-state index contributed by atoms with van der Waals surface area (Å²) in [6.45, 7) is 7.15. The number of hydrogen-bond donors (Lipinski definition) is 1. The summed E-state index contributed by atoms with van der Waals surface area (Å²) in [5.41, 5.74) is 2.01. The number of nitrogens with one attached hydrogen (secondary N) is 1. The third kappa shape index (κ3) is 4.01. The lowest BCUT2D eigenvalue weighted by Gasteiger charge is -2.20. The quantitative estimate of drug-likeness (QED) is 0.928. The second kappa shape index (κ2) is 5.68. The van der Waals surface area contributed by atoms with E-state index in [1.54, 1.807) is 0 Å². The molecule has 0 fully saturated rings. The molecular weight excluding hydrogens is 258 g/mol. The van der Waals surface area contributed by atoms with E-state index in [0.717, 1.165) is 17.7 Å². The Bertz CT molecular complexity index is 544. The summed E-state index contributed by atoms with van der Waals surface area (Å²) in [6.07, 6.45) is 3.68. The summed E-state index contributed by atoms with van der Waals surface area (Å²) in [7, 11) is 0. The van der Waals surface area contributed by atoms with Gasteiger partial charge in [0.25, 0.3) is 0 Å². The van der Waals surface area contributed by atoms with Crippen molar-refractivity contribution in [3.8, 4) is 11.4 Å². The number of rotatable bonds is 3. The highest BCUT2D eigenvalue weighted by molar-refractivity contribution is 6.33. The van der Waals surface area contributed by atoms with Crippen molar-refractivity contribution < 1.29 is 0 Å². The number of halogens is 1. The Hall–Kier alpha value is -1.45. The van der Waals surface area contributed by atoms with Gasteiger partial charge in [-0.15, -0.1) is 0 Å². The molecule has 1 aromatic carbocycles. The normalized spacial score (nSPS) is 11.6. The lowest BCUT2D eigenvalue weighted by Crippen LogP contribution is -2.35. The third-order valence-corrected chi connectivity index (χ3v) is 2.97. The molecular formula is C15H18ClN3. The van der Waals surface area contributed by atoms with Crippen molar-refractivity contribution in [1.82, 2.24) is 15.3 Å². The van der Waals surface area contributed by atoms with Crippen LogP contribution in [0, 0.1) is 0 Å². The molecule has 3 nitrogen and oxygen atoms in total. The highest BCUT2D eigenvalue weighted by atomic mass is 35.5. The summed E-state index contributed by atoms with van der Waals surface area (Å²) in [5.74, 6) is 0.658. The summed E-state index contributed by atoms with van der Waals surface area (Å²) in [5, 5.41) is 4.07. The molecule has 0 spiro atoms. The van der Waals surface area contributed by atoms with Gasteiger partial charge in [-0.1, -0.05) is 23.7 Å². The van der Waals surface area contributed by atoms with Gasteiger partial charge in [-0.05, 0) is 32.9 Å². The molecule has 2 aromatic rings. The van der Waals surface area contributed by atoms with Crippen LogP contribution in [0.5, 0.6) is 0 Å². The summed E-state index contributed by atoms with van der Waals surface area (Å²) in [6, 6.07) is 7.59. The van der Waals surface area contributed by atoms with Crippen LogP contribution in [0.3, 0.4) is 0 Å². The minimum atomic E-state index is 0.0847. The first-order chi connectivity index (χ1) is 8.96. The average molecular weight is 276 g/mol. The third-order valence-electron chi connectivity index (χ3n) is 2.64. The van der Waals surface area contributed by atoms with Gasteiger partial charge in [-0.2, -0.15) is 0 Å². The predicted octanol–water partition coefficient (Wildman–Crippen LogP) is 3.69. The molecule has 100 valence electrons. The van der Waals surface area contributed by atoms with E-state index in [0.29, 0.717) is 10.8 Å². The molecule has 0 saturated heterocycles. The van der Waals surface area contributed by atoms with Crippen molar-refractivity contribution in [2.45, 2.75) is 32.9 Å². The standard InChI is InChI=1S/C15H18ClN3/c1-15(2,3)19-10-11-8-17-14(18-9-11)12-6-4-5-7-13(12)16/h4-9,19H,10H2,1-3H3. The molecule has 1 aromatic heterocycles. The van der Waals surface area contributed by atoms with Gasteiger partial charge in [0.1, 0.15) is 0 Å². The Labute approximate surface area is 119 Å². The van der Waals surface area contributed by atoms with E-state index in [1.807, 2.05) is 36.7 Å². The van der Waals surface area contributed by atoms with Crippen LogP contribution in [0.4, 0.5) is 0 Å². The van der Waals surface area contributed by atoms with Crippen LogP contribution in [0.1, 0.15) is 26.3 Å². The summed E-state index contributed by atoms with van der Waals surface area (Å²) in [4.78, 5) is 8.75. The van der Waals surface area contributed by atoms with E-state index in [9.17, 15) is 0 Å². The number of aromatic nitrogens is 2. The van der Waals surface area contributed by atoms with Crippen LogP contribution in [0.15, 0.2) is 36.7 Å². The van der Waals surface area contributed by atoms with E-state index >= 15 is 0 Å². The fourth-order valence-corrected chi connectivity index (χ4v) is 1.82. The fraction of sp³-hybridized carbons (Fsp3) is 0.333. The highest BCUT2D eigenvalue weighted by Crippen LogP contribution is 2.23. The number of hydrogen-bond acceptors (Lipinski definition) is 3. The lowest BCUT2D eigenvalue weighted by molar-refractivity contribution is 0.423. The van der Waals surface area contributed by atoms with Crippen molar-refractivity contribution in [3.05, 3.63) is 47.2 Å². The van der Waals surface area contributed by atoms with Crippen molar-refractivity contribution >= 4 is 11.6 Å². The molecule has 2 rings (SSSR count). The van der Waals surface area contributed by atoms with Gasteiger partial charge in [0, 0.05) is 35.6 Å². The molecule has 0 radical (unpaired) electrons.